The van der Waals surface area contributed by atoms with Crippen LogP contribution in [0.2, 0.25) is 0 Å². The lowest BCUT2D eigenvalue weighted by Crippen LogP contribution is -2.54. The van der Waals surface area contributed by atoms with Crippen molar-refractivity contribution in [3.05, 3.63) is 84.7 Å². The molecule has 3 amide bonds. The summed E-state index contributed by atoms with van der Waals surface area (Å²) in [5.41, 5.74) is 5.09. The van der Waals surface area contributed by atoms with Crippen molar-refractivity contribution in [2.75, 3.05) is 20.2 Å². The highest BCUT2D eigenvalue weighted by molar-refractivity contribution is 5.91. The number of likely N-dealkylation sites (tertiary alicyclic amines) is 2. The van der Waals surface area contributed by atoms with E-state index in [2.05, 4.69) is 89.3 Å². The van der Waals surface area contributed by atoms with Crippen molar-refractivity contribution in [2.45, 2.75) is 89.8 Å². The summed E-state index contributed by atoms with van der Waals surface area (Å²) in [4.78, 5) is 57.8. The summed E-state index contributed by atoms with van der Waals surface area (Å²) in [5, 5.41) is 4.44. The molecule has 2 unspecified atom stereocenters. The Hall–Kier alpha value is -5.83. The number of nitrogens with zero attached hydrogens (tertiary/aromatic N) is 4. The number of alkyl carbamates (subject to hydrolysis) is 1. The molecule has 0 spiro atoms. The Kier molecular flexibility index (Phi) is 11.3. The van der Waals surface area contributed by atoms with Crippen LogP contribution in [0.1, 0.15) is 77.1 Å². The third kappa shape index (κ3) is 8.78. The Morgan fingerprint density at radius 1 is 0.789 bits per heavy atom. The number of imidazole rings is 2. The fourth-order valence-electron chi connectivity index (χ4n) is 7.63. The van der Waals surface area contributed by atoms with Gasteiger partial charge < -0.3 is 34.4 Å². The summed E-state index contributed by atoms with van der Waals surface area (Å²) in [6.07, 6.45) is 3.96. The molecule has 2 saturated heterocycles. The van der Waals surface area contributed by atoms with E-state index in [0.29, 0.717) is 31.8 Å². The molecule has 2 aliphatic rings. The molecule has 4 atom stereocenters. The van der Waals surface area contributed by atoms with Gasteiger partial charge in [0.15, 0.2) is 0 Å². The molecular formula is C42H47F2N7O6. The molecular weight excluding hydrogens is 737 g/mol. The zero-order valence-corrected chi connectivity index (χ0v) is 32.6. The van der Waals surface area contributed by atoms with Crippen molar-refractivity contribution in [1.82, 2.24) is 35.1 Å². The Labute approximate surface area is 329 Å². The zero-order valence-electron chi connectivity index (χ0n) is 32.6. The normalized spacial score (nSPS) is 18.2. The number of H-pyrrole nitrogens is 2. The number of halogens is 2. The van der Waals surface area contributed by atoms with Gasteiger partial charge in [0.05, 0.1) is 49.1 Å². The van der Waals surface area contributed by atoms with Crippen molar-refractivity contribution >= 4 is 28.9 Å². The maximum Gasteiger partial charge on any atom is 0.410 e. The molecule has 2 fully saturated rings. The number of nitrogens with one attached hydrogen (secondary N) is 3. The molecule has 3 aromatic carbocycles. The van der Waals surface area contributed by atoms with Crippen molar-refractivity contribution in [1.29, 1.82) is 0 Å². The number of benzene rings is 3. The highest BCUT2D eigenvalue weighted by Crippen LogP contribution is 2.36. The molecule has 2 aliphatic heterocycles. The van der Waals surface area contributed by atoms with Crippen LogP contribution in [-0.2, 0) is 19.0 Å². The summed E-state index contributed by atoms with van der Waals surface area (Å²) in [5.74, 6) is 0.747. The third-order valence-corrected chi connectivity index (χ3v) is 10.4. The first-order chi connectivity index (χ1) is 27.3. The van der Waals surface area contributed by atoms with Crippen LogP contribution in [0.4, 0.5) is 18.4 Å². The molecule has 57 heavy (non-hydrogen) atoms. The Morgan fingerprint density at radius 3 is 1.91 bits per heavy atom. The fraction of sp³-hybridized carbons (Fsp3) is 0.405. The quantitative estimate of drug-likeness (QED) is 0.128. The average Bonchev–Trinajstić information content (AvgIpc) is 4.02. The molecule has 15 heteroatoms. The van der Waals surface area contributed by atoms with E-state index in [1.165, 1.54) is 11.8 Å². The molecule has 0 radical (unpaired) electrons. The number of methoxy groups -OCH3 is 1. The second kappa shape index (κ2) is 16.3. The van der Waals surface area contributed by atoms with Crippen molar-refractivity contribution in [3.63, 3.8) is 0 Å². The van der Waals surface area contributed by atoms with Gasteiger partial charge in [-0.15, -0.1) is 0 Å². The number of fused-ring (bicyclic) bond motifs is 1. The van der Waals surface area contributed by atoms with Gasteiger partial charge in [0, 0.05) is 18.7 Å². The summed E-state index contributed by atoms with van der Waals surface area (Å²) in [7, 11) is 1.13. The van der Waals surface area contributed by atoms with Gasteiger partial charge in [-0.3, -0.25) is 9.69 Å². The summed E-state index contributed by atoms with van der Waals surface area (Å²) in [6.45, 7) is 4.78. The van der Waals surface area contributed by atoms with E-state index in [1.54, 1.807) is 11.1 Å². The highest BCUT2D eigenvalue weighted by Gasteiger charge is 2.40. The number of amides is 3. The van der Waals surface area contributed by atoms with Gasteiger partial charge >= 0.3 is 18.8 Å². The molecule has 13 nitrogen and oxygen atoms in total. The van der Waals surface area contributed by atoms with E-state index < -0.39 is 42.4 Å². The maximum absolute atomic E-state index is 13.6. The van der Waals surface area contributed by atoms with Crippen LogP contribution in [0.15, 0.2) is 73.1 Å². The number of ether oxygens (including phenoxy) is 3. The summed E-state index contributed by atoms with van der Waals surface area (Å²) in [6, 6.07) is 18.7. The predicted octanol–water partition coefficient (Wildman–Crippen LogP) is 8.37. The van der Waals surface area contributed by atoms with Crippen molar-refractivity contribution in [2.24, 2.45) is 0 Å². The second-order valence-corrected chi connectivity index (χ2v) is 15.5. The Bertz CT molecular complexity index is 2230. The SMILES string of the molecule is COC(=O)NC(C(=O)N1CCC[C@H]1c1ncc(-c2ccc3cc(-c4ccc(-c5cnc([C@@H]6CCCN6C(=O)OC(C)(C)C)[nH]5)cc4)ccc3c2)[nH]1)C(C)OC(F)F. The largest absolute Gasteiger partial charge is 0.453 e. The molecule has 7 rings (SSSR count). The van der Waals surface area contributed by atoms with Gasteiger partial charge in [0.2, 0.25) is 5.91 Å². The highest BCUT2D eigenvalue weighted by atomic mass is 19.3. The summed E-state index contributed by atoms with van der Waals surface area (Å²) >= 11 is 0. The molecule has 0 saturated carbocycles. The lowest BCUT2D eigenvalue weighted by molar-refractivity contribution is -0.171. The van der Waals surface area contributed by atoms with E-state index in [0.717, 1.165) is 70.2 Å². The predicted molar refractivity (Wildman–Crippen MR) is 209 cm³/mol. The van der Waals surface area contributed by atoms with E-state index in [9.17, 15) is 23.2 Å². The van der Waals surface area contributed by atoms with Crippen LogP contribution in [-0.4, -0.2) is 92.4 Å². The lowest BCUT2D eigenvalue weighted by atomic mass is 9.98. The van der Waals surface area contributed by atoms with Crippen molar-refractivity contribution in [3.8, 4) is 33.6 Å². The number of alkyl halides is 2. The first kappa shape index (κ1) is 39.4. The molecule has 3 N–H and O–H groups in total. The third-order valence-electron chi connectivity index (χ3n) is 10.4. The molecule has 5 aromatic rings. The molecule has 2 aromatic heterocycles. The van der Waals surface area contributed by atoms with Gasteiger partial charge in [0.1, 0.15) is 23.3 Å². The van der Waals surface area contributed by atoms with Crippen LogP contribution in [0.3, 0.4) is 0 Å². The first-order valence-corrected chi connectivity index (χ1v) is 19.1. The number of hydrogen-bond donors (Lipinski definition) is 3. The van der Waals surface area contributed by atoms with Crippen LogP contribution in [0.5, 0.6) is 0 Å². The van der Waals surface area contributed by atoms with Gasteiger partial charge in [0.25, 0.3) is 0 Å². The minimum absolute atomic E-state index is 0.153. The second-order valence-electron chi connectivity index (χ2n) is 15.5. The summed E-state index contributed by atoms with van der Waals surface area (Å²) < 4.78 is 40.9. The van der Waals surface area contributed by atoms with Gasteiger partial charge in [-0.25, -0.2) is 19.6 Å². The number of carbonyl (C=O) groups excluding carboxylic acids is 3. The molecule has 4 heterocycles. The number of carbonyl (C=O) groups is 3. The fourth-order valence-corrected chi connectivity index (χ4v) is 7.63. The topological polar surface area (TPSA) is 155 Å². The average molecular weight is 784 g/mol. The van der Waals surface area contributed by atoms with Crippen LogP contribution in [0, 0.1) is 0 Å². The smallest absolute Gasteiger partial charge is 0.410 e. The first-order valence-electron chi connectivity index (χ1n) is 19.1. The monoisotopic (exact) mass is 783 g/mol. The molecule has 0 aliphatic carbocycles. The lowest BCUT2D eigenvalue weighted by Gasteiger charge is -2.30. The van der Waals surface area contributed by atoms with Gasteiger partial charge in [-0.2, -0.15) is 8.78 Å². The number of hydrogen-bond acceptors (Lipinski definition) is 8. The minimum atomic E-state index is -3.12. The van der Waals surface area contributed by atoms with E-state index in [-0.39, 0.29) is 12.1 Å². The molecule has 0 bridgehead atoms. The van der Waals surface area contributed by atoms with Crippen molar-refractivity contribution < 1.29 is 37.4 Å². The van der Waals surface area contributed by atoms with E-state index in [4.69, 9.17) is 4.74 Å². The van der Waals surface area contributed by atoms with E-state index in [1.807, 2.05) is 33.0 Å². The Balaban J connectivity index is 1.03. The van der Waals surface area contributed by atoms with Gasteiger partial charge in [-0.1, -0.05) is 48.5 Å². The Morgan fingerprint density at radius 2 is 1.32 bits per heavy atom. The minimum Gasteiger partial charge on any atom is -0.453 e. The number of rotatable bonds is 10. The van der Waals surface area contributed by atoms with E-state index >= 15 is 0 Å². The number of aromatic amines is 2. The maximum atomic E-state index is 13.6. The standard InChI is InChI=1S/C42H47F2N7O6/c1-24(56-39(43)44)35(49-40(53)55-5)38(52)50-18-6-8-33(50)36-46-23-32(48-36)30-17-16-28-20-27(14-15-29(28)21-30)25-10-12-26(13-11-25)31-22-45-37(47-31)34-9-7-19-51(34)41(54)57-42(2,3)4/h10-17,20-24,33-35,39H,6-9,18-19H2,1-5H3,(H,45,47)(H,46,48)(H,49,53)/t24?,33-,34-,35?/m0/s1. The zero-order chi connectivity index (χ0) is 40.4. The van der Waals surface area contributed by atoms with Gasteiger partial charge in [-0.05, 0) is 93.0 Å². The van der Waals surface area contributed by atoms with Crippen LogP contribution >= 0.6 is 0 Å². The number of aromatic nitrogens is 4. The molecule has 300 valence electrons. The van der Waals surface area contributed by atoms with Crippen LogP contribution in [0.25, 0.3) is 44.4 Å². The van der Waals surface area contributed by atoms with Crippen LogP contribution < -0.4 is 5.32 Å².